The largest absolute Gasteiger partial charge is 0.444 e. The summed E-state index contributed by atoms with van der Waals surface area (Å²) in [5, 5.41) is 10.8. The number of carbonyl (C=O) groups excluding carboxylic acids is 1. The van der Waals surface area contributed by atoms with Crippen molar-refractivity contribution in [3.05, 3.63) is 17.5 Å². The minimum Gasteiger partial charge on any atom is -0.444 e. The zero-order chi connectivity index (χ0) is 21.4. The van der Waals surface area contributed by atoms with E-state index in [9.17, 15) is 4.79 Å². The smallest absolute Gasteiger partial charge is 0.410 e. The Bertz CT molecular complexity index is 676. The molecule has 0 saturated carbocycles. The number of nitrogens with zero attached hydrogens (tertiary/aromatic N) is 3. The van der Waals surface area contributed by atoms with Crippen LogP contribution in [0.5, 0.6) is 0 Å². The Kier molecular flexibility index (Phi) is 10.9. The Labute approximate surface area is 197 Å². The molecule has 1 amide bonds. The van der Waals surface area contributed by atoms with Gasteiger partial charge >= 0.3 is 6.09 Å². The Balaban J connectivity index is 0.00000450. The van der Waals surface area contributed by atoms with E-state index in [0.717, 1.165) is 56.4 Å². The third-order valence-corrected chi connectivity index (χ3v) is 4.73. The van der Waals surface area contributed by atoms with E-state index in [0.29, 0.717) is 18.4 Å². The summed E-state index contributed by atoms with van der Waals surface area (Å²) in [6.45, 7) is 15.4. The number of hydrogen-bond donors (Lipinski definition) is 2. The number of guanidine groups is 1. The molecule has 1 aliphatic heterocycles. The molecule has 1 saturated heterocycles. The molecule has 1 aromatic rings. The molecule has 0 bridgehead atoms. The van der Waals surface area contributed by atoms with Crippen LogP contribution < -0.4 is 10.6 Å². The number of halogens is 1. The Morgan fingerprint density at radius 2 is 2.00 bits per heavy atom. The van der Waals surface area contributed by atoms with Crippen LogP contribution in [-0.4, -0.2) is 53.9 Å². The number of likely N-dealkylation sites (tertiary alicyclic amines) is 1. The molecule has 9 heteroatoms. The zero-order valence-electron chi connectivity index (χ0n) is 19.2. The fourth-order valence-electron chi connectivity index (χ4n) is 3.06. The van der Waals surface area contributed by atoms with Crippen LogP contribution in [0.1, 0.15) is 71.8 Å². The molecule has 0 radical (unpaired) electrons. The first-order chi connectivity index (χ1) is 13.7. The second kappa shape index (κ2) is 12.4. The summed E-state index contributed by atoms with van der Waals surface area (Å²) >= 11 is 0. The lowest BCUT2D eigenvalue weighted by Crippen LogP contribution is -2.45. The van der Waals surface area contributed by atoms with E-state index in [1.165, 1.54) is 0 Å². The van der Waals surface area contributed by atoms with Gasteiger partial charge in [-0.05, 0) is 52.4 Å². The van der Waals surface area contributed by atoms with Gasteiger partial charge in [0.05, 0.1) is 5.69 Å². The molecule has 1 aliphatic rings. The minimum absolute atomic E-state index is 0. The van der Waals surface area contributed by atoms with Gasteiger partial charge in [0.15, 0.2) is 11.7 Å². The highest BCUT2D eigenvalue weighted by Gasteiger charge is 2.26. The first kappa shape index (κ1) is 26.5. The molecule has 1 fully saturated rings. The second-order valence-corrected chi connectivity index (χ2v) is 8.86. The molecule has 8 nitrogen and oxygen atoms in total. The minimum atomic E-state index is -0.452. The van der Waals surface area contributed by atoms with Crippen LogP contribution in [0.15, 0.2) is 15.6 Å². The van der Waals surface area contributed by atoms with Gasteiger partial charge in [-0.2, -0.15) is 0 Å². The van der Waals surface area contributed by atoms with Crippen LogP contribution in [0.2, 0.25) is 0 Å². The van der Waals surface area contributed by atoms with E-state index in [4.69, 9.17) is 9.26 Å². The highest BCUT2D eigenvalue weighted by molar-refractivity contribution is 14.0. The van der Waals surface area contributed by atoms with Crippen LogP contribution in [0.4, 0.5) is 4.79 Å². The lowest BCUT2D eigenvalue weighted by molar-refractivity contribution is 0.0185. The van der Waals surface area contributed by atoms with E-state index in [-0.39, 0.29) is 30.1 Å². The topological polar surface area (TPSA) is 92.0 Å². The number of hydrogen-bond acceptors (Lipinski definition) is 5. The van der Waals surface area contributed by atoms with Crippen molar-refractivity contribution in [2.24, 2.45) is 10.9 Å². The van der Waals surface area contributed by atoms with Crippen molar-refractivity contribution in [1.29, 1.82) is 0 Å². The normalized spacial score (nSPS) is 15.7. The van der Waals surface area contributed by atoms with Crippen LogP contribution in [0.25, 0.3) is 0 Å². The van der Waals surface area contributed by atoms with E-state index in [1.54, 1.807) is 4.90 Å². The molecule has 2 heterocycles. The summed E-state index contributed by atoms with van der Waals surface area (Å²) in [5.41, 5.74) is 0.497. The number of aromatic nitrogens is 1. The molecule has 0 spiro atoms. The first-order valence-electron chi connectivity index (χ1n) is 10.6. The summed E-state index contributed by atoms with van der Waals surface area (Å²) in [5.74, 6) is 2.37. The predicted octanol–water partition coefficient (Wildman–Crippen LogP) is 4.12. The van der Waals surface area contributed by atoms with E-state index in [1.807, 2.05) is 33.8 Å². The third kappa shape index (κ3) is 9.09. The standard InChI is InChI=1S/C21H37N5O3.HI/c1-7-22-19(24-14-17-12-18(15(2)3)25-29-17)23-13-16-8-10-26(11-9-16)20(27)28-21(4,5)6;/h12,15-16H,7-11,13-14H2,1-6H3,(H2,22,23,24);1H. The van der Waals surface area contributed by atoms with Crippen molar-refractivity contribution in [1.82, 2.24) is 20.7 Å². The Hall–Kier alpha value is -1.52. The number of nitrogens with one attached hydrogen (secondary N) is 2. The van der Waals surface area contributed by atoms with Crippen LogP contribution in [-0.2, 0) is 11.3 Å². The van der Waals surface area contributed by atoms with Gasteiger partial charge in [-0.15, -0.1) is 24.0 Å². The molecule has 2 rings (SSSR count). The van der Waals surface area contributed by atoms with Gasteiger partial charge in [0.25, 0.3) is 0 Å². The maximum absolute atomic E-state index is 12.2. The van der Waals surface area contributed by atoms with Gasteiger partial charge in [-0.25, -0.2) is 9.79 Å². The lowest BCUT2D eigenvalue weighted by Gasteiger charge is -2.33. The number of amides is 1. The summed E-state index contributed by atoms with van der Waals surface area (Å²) in [6, 6.07) is 1.96. The summed E-state index contributed by atoms with van der Waals surface area (Å²) in [4.78, 5) is 18.6. The fourth-order valence-corrected chi connectivity index (χ4v) is 3.06. The van der Waals surface area contributed by atoms with E-state index >= 15 is 0 Å². The number of carbonyl (C=O) groups is 1. The van der Waals surface area contributed by atoms with Gasteiger partial charge in [-0.3, -0.25) is 0 Å². The van der Waals surface area contributed by atoms with Crippen LogP contribution in [0.3, 0.4) is 0 Å². The summed E-state index contributed by atoms with van der Waals surface area (Å²) in [6.07, 6.45) is 1.68. The Morgan fingerprint density at radius 3 is 2.53 bits per heavy atom. The summed E-state index contributed by atoms with van der Waals surface area (Å²) < 4.78 is 10.8. The monoisotopic (exact) mass is 535 g/mol. The molecule has 172 valence electrons. The summed E-state index contributed by atoms with van der Waals surface area (Å²) in [7, 11) is 0. The van der Waals surface area contributed by atoms with Gasteiger partial charge in [0.1, 0.15) is 12.1 Å². The van der Waals surface area contributed by atoms with Crippen LogP contribution in [0, 0.1) is 5.92 Å². The van der Waals surface area contributed by atoms with E-state index < -0.39 is 5.60 Å². The van der Waals surface area contributed by atoms with Gasteiger partial charge in [-0.1, -0.05) is 19.0 Å². The van der Waals surface area contributed by atoms with Crippen molar-refractivity contribution < 1.29 is 14.1 Å². The average molecular weight is 535 g/mol. The molecule has 0 unspecified atom stereocenters. The van der Waals surface area contributed by atoms with Crippen LogP contribution >= 0.6 is 24.0 Å². The third-order valence-electron chi connectivity index (χ3n) is 4.73. The number of ether oxygens (including phenoxy) is 1. The molecular weight excluding hydrogens is 497 g/mol. The van der Waals surface area contributed by atoms with Gasteiger partial charge < -0.3 is 24.8 Å². The number of rotatable bonds is 6. The van der Waals surface area contributed by atoms with Crippen molar-refractivity contribution in [2.45, 2.75) is 72.4 Å². The van der Waals surface area contributed by atoms with E-state index in [2.05, 4.69) is 34.6 Å². The lowest BCUT2D eigenvalue weighted by atomic mass is 9.97. The molecular formula is C21H38IN5O3. The van der Waals surface area contributed by atoms with Gasteiger partial charge in [0.2, 0.25) is 0 Å². The maximum atomic E-state index is 12.2. The molecule has 2 N–H and O–H groups in total. The molecule has 0 atom stereocenters. The number of piperidine rings is 1. The van der Waals surface area contributed by atoms with Crippen molar-refractivity contribution >= 4 is 36.0 Å². The molecule has 1 aromatic heterocycles. The zero-order valence-corrected chi connectivity index (χ0v) is 21.5. The maximum Gasteiger partial charge on any atom is 0.410 e. The Morgan fingerprint density at radius 1 is 1.33 bits per heavy atom. The predicted molar refractivity (Wildman–Crippen MR) is 129 cm³/mol. The van der Waals surface area contributed by atoms with Crippen molar-refractivity contribution in [2.75, 3.05) is 26.2 Å². The molecule has 30 heavy (non-hydrogen) atoms. The first-order valence-corrected chi connectivity index (χ1v) is 10.6. The van der Waals surface area contributed by atoms with Crippen molar-refractivity contribution in [3.63, 3.8) is 0 Å². The van der Waals surface area contributed by atoms with Gasteiger partial charge in [0, 0.05) is 32.2 Å². The molecule has 0 aliphatic carbocycles. The van der Waals surface area contributed by atoms with Crippen molar-refractivity contribution in [3.8, 4) is 0 Å². The highest BCUT2D eigenvalue weighted by Crippen LogP contribution is 2.19. The second-order valence-electron chi connectivity index (χ2n) is 8.86. The fraction of sp³-hybridized carbons (Fsp3) is 0.762. The quantitative estimate of drug-likeness (QED) is 0.324. The SMILES string of the molecule is CCNC(=NCc1cc(C(C)C)no1)NCC1CCN(C(=O)OC(C)(C)C)CC1.I. The highest BCUT2D eigenvalue weighted by atomic mass is 127. The molecule has 0 aromatic carbocycles. The average Bonchev–Trinajstić information content (AvgIpc) is 3.12. The number of aliphatic imine (C=N–C) groups is 1.